The Hall–Kier alpha value is -1.68. The Morgan fingerprint density at radius 1 is 0.500 bits per heavy atom. The van der Waals surface area contributed by atoms with E-state index in [2.05, 4.69) is 32.9 Å². The van der Waals surface area contributed by atoms with Crippen molar-refractivity contribution in [3.8, 4) is 0 Å². The Labute approximate surface area is 349 Å². The van der Waals surface area contributed by atoms with Crippen molar-refractivity contribution in [2.75, 3.05) is 13.2 Å². The topological polar surface area (TPSA) is 202 Å². The van der Waals surface area contributed by atoms with Crippen LogP contribution in [0.25, 0.3) is 0 Å². The first-order valence-corrected chi connectivity index (χ1v) is 23.0. The van der Waals surface area contributed by atoms with Crippen molar-refractivity contribution in [2.24, 2.45) is 5.92 Å². The zero-order valence-corrected chi connectivity index (χ0v) is 36.1. The van der Waals surface area contributed by atoms with Crippen LogP contribution in [0.15, 0.2) is 12.2 Å². The second-order valence-electron chi connectivity index (χ2n) is 17.0. The second kappa shape index (κ2) is 32.1. The molecule has 0 aromatic rings. The number of rotatable bonds is 33. The number of hydrogen-bond acceptors (Lipinski definition) is 13. The lowest BCUT2D eigenvalue weighted by molar-refractivity contribution is -0.376. The first-order valence-electron chi connectivity index (χ1n) is 23.0. The number of carbonyl (C=O) groups is 2. The summed E-state index contributed by atoms with van der Waals surface area (Å²) in [4.78, 5) is 24.8. The van der Waals surface area contributed by atoms with E-state index in [1.807, 2.05) is 0 Å². The lowest BCUT2D eigenvalue weighted by Crippen LogP contribution is -2.64. The van der Waals surface area contributed by atoms with Gasteiger partial charge in [0.25, 0.3) is 0 Å². The fourth-order valence-corrected chi connectivity index (χ4v) is 7.36. The number of unbranched alkanes of at least 4 members (excludes halogenated alkanes) is 19. The van der Waals surface area contributed by atoms with Gasteiger partial charge in [0.2, 0.25) is 0 Å². The SMILES string of the molecule is CCCCCCCC/C=C\CCCCCCCC(=O)OC[C@H]1O[C@H](O[C@H]2O[C@H](COC(=O)CCCCCCCCCCCC(C)C)[C@@H](O)[C@H](O)[C@H]2O)[C@H](O)[C@@H](O)[C@@H]1O. The largest absolute Gasteiger partial charge is 0.463 e. The predicted molar refractivity (Wildman–Crippen MR) is 221 cm³/mol. The standard InChI is InChI=1S/C45H82O13/c1-4-5-6-7-8-9-10-11-12-13-14-17-20-23-26-29-36(46)54-31-34-38(48)40(50)42(52)44(56-34)58-45-43(53)41(51)39(49)35(57-45)32-55-37(47)30-27-24-21-18-15-16-19-22-25-28-33(2)3/h11-12,33-35,38-45,48-53H,4-10,13-32H2,1-3H3/b12-11-/t34-,35-,38-,39-,40+,41+,42-,43-,44-,45-/m1/s1. The molecule has 0 aromatic heterocycles. The minimum Gasteiger partial charge on any atom is -0.463 e. The van der Waals surface area contributed by atoms with Crippen LogP contribution in [-0.4, -0.2) is 117 Å². The molecule has 0 radical (unpaired) electrons. The fourth-order valence-electron chi connectivity index (χ4n) is 7.36. The molecule has 6 N–H and O–H groups in total. The maximum absolute atomic E-state index is 12.4. The van der Waals surface area contributed by atoms with E-state index in [1.165, 1.54) is 77.0 Å². The lowest BCUT2D eigenvalue weighted by Gasteiger charge is -2.44. The lowest BCUT2D eigenvalue weighted by atomic mass is 9.98. The number of carbonyl (C=O) groups excluding carboxylic acids is 2. The molecule has 13 nitrogen and oxygen atoms in total. The molecule has 10 atom stereocenters. The molecule has 0 spiro atoms. The molecule has 2 fully saturated rings. The van der Waals surface area contributed by atoms with Crippen molar-refractivity contribution in [1.82, 2.24) is 0 Å². The third-order valence-electron chi connectivity index (χ3n) is 11.2. The zero-order valence-electron chi connectivity index (χ0n) is 36.1. The highest BCUT2D eigenvalue weighted by atomic mass is 16.8. The highest BCUT2D eigenvalue weighted by Gasteiger charge is 2.50. The molecule has 2 saturated heterocycles. The summed E-state index contributed by atoms with van der Waals surface area (Å²) in [5.74, 6) is -0.222. The molecule has 0 saturated carbocycles. The maximum atomic E-state index is 12.4. The molecule has 2 heterocycles. The van der Waals surface area contributed by atoms with Crippen LogP contribution in [-0.2, 0) is 33.3 Å². The van der Waals surface area contributed by atoms with Gasteiger partial charge in [-0.15, -0.1) is 0 Å². The summed E-state index contributed by atoms with van der Waals surface area (Å²) in [7, 11) is 0. The summed E-state index contributed by atoms with van der Waals surface area (Å²) in [6.07, 6.45) is 14.7. The number of ether oxygens (including phenoxy) is 5. The van der Waals surface area contributed by atoms with E-state index < -0.39 is 86.6 Å². The summed E-state index contributed by atoms with van der Waals surface area (Å²) in [5.41, 5.74) is 0. The highest BCUT2D eigenvalue weighted by Crippen LogP contribution is 2.29. The minimum atomic E-state index is -1.80. The van der Waals surface area contributed by atoms with Crippen molar-refractivity contribution in [1.29, 1.82) is 0 Å². The molecule has 58 heavy (non-hydrogen) atoms. The quantitative estimate of drug-likeness (QED) is 0.0232. The molecule has 0 amide bonds. The Balaban J connectivity index is 1.65. The number of allylic oxidation sites excluding steroid dienone is 2. The Bertz CT molecular complexity index is 1070. The van der Waals surface area contributed by atoms with Crippen LogP contribution in [0.4, 0.5) is 0 Å². The van der Waals surface area contributed by atoms with Crippen LogP contribution in [0.2, 0.25) is 0 Å². The van der Waals surface area contributed by atoms with Gasteiger partial charge in [0.1, 0.15) is 62.0 Å². The van der Waals surface area contributed by atoms with Gasteiger partial charge in [-0.3, -0.25) is 9.59 Å². The van der Waals surface area contributed by atoms with Crippen molar-refractivity contribution < 1.29 is 63.9 Å². The average molecular weight is 831 g/mol. The summed E-state index contributed by atoms with van der Waals surface area (Å²) in [5, 5.41) is 63.3. The van der Waals surface area contributed by atoms with E-state index in [1.54, 1.807) is 0 Å². The van der Waals surface area contributed by atoms with Gasteiger partial charge in [-0.25, -0.2) is 0 Å². The molecule has 340 valence electrons. The first-order chi connectivity index (χ1) is 28.0. The minimum absolute atomic E-state index is 0.180. The number of esters is 2. The average Bonchev–Trinajstić information content (AvgIpc) is 3.20. The molecule has 0 aromatic carbocycles. The van der Waals surface area contributed by atoms with E-state index in [0.717, 1.165) is 63.7 Å². The van der Waals surface area contributed by atoms with Gasteiger partial charge >= 0.3 is 11.9 Å². The molecule has 2 rings (SSSR count). The Morgan fingerprint density at radius 3 is 1.26 bits per heavy atom. The number of aliphatic hydroxyl groups is 6. The molecule has 2 aliphatic rings. The van der Waals surface area contributed by atoms with Gasteiger partial charge < -0.3 is 54.3 Å². The Kier molecular flexibility index (Phi) is 29.0. The highest BCUT2D eigenvalue weighted by molar-refractivity contribution is 5.69. The van der Waals surface area contributed by atoms with Gasteiger partial charge in [-0.05, 0) is 44.4 Å². The normalized spacial score (nSPS) is 27.7. The fraction of sp³-hybridized carbons (Fsp3) is 0.911. The Morgan fingerprint density at radius 2 is 0.862 bits per heavy atom. The van der Waals surface area contributed by atoms with Crippen molar-refractivity contribution >= 4 is 11.9 Å². The van der Waals surface area contributed by atoms with Crippen molar-refractivity contribution in [3.63, 3.8) is 0 Å². The molecule has 0 unspecified atom stereocenters. The van der Waals surface area contributed by atoms with E-state index in [9.17, 15) is 40.2 Å². The van der Waals surface area contributed by atoms with Gasteiger partial charge in [-0.2, -0.15) is 0 Å². The monoisotopic (exact) mass is 831 g/mol. The van der Waals surface area contributed by atoms with E-state index in [0.29, 0.717) is 12.8 Å². The predicted octanol–water partition coefficient (Wildman–Crippen LogP) is 6.69. The van der Waals surface area contributed by atoms with Crippen LogP contribution in [0.1, 0.15) is 181 Å². The van der Waals surface area contributed by atoms with E-state index in [-0.39, 0.29) is 12.8 Å². The maximum Gasteiger partial charge on any atom is 0.305 e. The van der Waals surface area contributed by atoms with Crippen LogP contribution >= 0.6 is 0 Å². The number of aliphatic hydroxyl groups excluding tert-OH is 6. The molecular formula is C45H82O13. The first kappa shape index (κ1) is 52.5. The van der Waals surface area contributed by atoms with Gasteiger partial charge in [0.05, 0.1) is 0 Å². The second-order valence-corrected chi connectivity index (χ2v) is 17.0. The van der Waals surface area contributed by atoms with Crippen molar-refractivity contribution in [3.05, 3.63) is 12.2 Å². The number of hydrogen-bond donors (Lipinski definition) is 6. The third kappa shape index (κ3) is 22.2. The van der Waals surface area contributed by atoms with Gasteiger partial charge in [0, 0.05) is 12.8 Å². The van der Waals surface area contributed by atoms with E-state index >= 15 is 0 Å². The van der Waals surface area contributed by atoms with Crippen LogP contribution < -0.4 is 0 Å². The summed E-state index contributed by atoms with van der Waals surface area (Å²) < 4.78 is 27.5. The van der Waals surface area contributed by atoms with Gasteiger partial charge in [0.15, 0.2) is 12.6 Å². The zero-order chi connectivity index (χ0) is 42.5. The molecule has 13 heteroatoms. The molecule has 2 aliphatic heterocycles. The molecular weight excluding hydrogens is 748 g/mol. The van der Waals surface area contributed by atoms with E-state index in [4.69, 9.17) is 23.7 Å². The van der Waals surface area contributed by atoms with Crippen LogP contribution in [0.3, 0.4) is 0 Å². The van der Waals surface area contributed by atoms with Crippen molar-refractivity contribution in [2.45, 2.75) is 243 Å². The van der Waals surface area contributed by atoms with Crippen LogP contribution in [0.5, 0.6) is 0 Å². The summed E-state index contributed by atoms with van der Waals surface area (Å²) in [6, 6.07) is 0. The smallest absolute Gasteiger partial charge is 0.305 e. The molecule has 0 aliphatic carbocycles. The van der Waals surface area contributed by atoms with Gasteiger partial charge in [-0.1, -0.05) is 142 Å². The molecule has 0 bridgehead atoms. The summed E-state index contributed by atoms with van der Waals surface area (Å²) in [6.45, 7) is 5.89. The van der Waals surface area contributed by atoms with Crippen LogP contribution in [0, 0.1) is 5.92 Å². The summed E-state index contributed by atoms with van der Waals surface area (Å²) >= 11 is 0. The third-order valence-corrected chi connectivity index (χ3v) is 11.2.